The highest BCUT2D eigenvalue weighted by Crippen LogP contribution is 2.25. The highest BCUT2D eigenvalue weighted by atomic mass is 79.9. The first kappa shape index (κ1) is 13.2. The van der Waals surface area contributed by atoms with Crippen molar-refractivity contribution in [2.45, 2.75) is 19.9 Å². The van der Waals surface area contributed by atoms with Crippen molar-refractivity contribution >= 4 is 27.3 Å². The zero-order valence-electron chi connectivity index (χ0n) is 9.42. The molecule has 0 aromatic carbocycles. The van der Waals surface area contributed by atoms with E-state index in [4.69, 9.17) is 4.74 Å². The normalized spacial score (nSPS) is 15.2. The molecule has 1 aromatic heterocycles. The van der Waals surface area contributed by atoms with Crippen molar-refractivity contribution < 1.29 is 4.74 Å². The molecule has 0 spiro atoms. The molecule has 0 fully saturated rings. The highest BCUT2D eigenvalue weighted by molar-refractivity contribution is 9.10. The number of halogens is 1. The second-order valence-electron chi connectivity index (χ2n) is 3.86. The number of hydrogen-bond donors (Lipinski definition) is 1. The fourth-order valence-electron chi connectivity index (χ4n) is 1.38. The summed E-state index contributed by atoms with van der Waals surface area (Å²) in [7, 11) is 1.75. The number of ether oxygens (including phenoxy) is 1. The van der Waals surface area contributed by atoms with Gasteiger partial charge < -0.3 is 10.1 Å². The van der Waals surface area contributed by atoms with Crippen LogP contribution in [0.25, 0.3) is 0 Å². The van der Waals surface area contributed by atoms with Gasteiger partial charge in [-0.05, 0) is 34.8 Å². The Kier molecular flexibility index (Phi) is 5.82. The van der Waals surface area contributed by atoms with E-state index in [0.29, 0.717) is 12.0 Å². The molecule has 2 atom stereocenters. The lowest BCUT2D eigenvalue weighted by atomic mass is 10.2. The lowest BCUT2D eigenvalue weighted by Gasteiger charge is -2.16. The largest absolute Gasteiger partial charge is 0.384 e. The fourth-order valence-corrected chi connectivity index (χ4v) is 2.86. The molecule has 0 aliphatic carbocycles. The molecule has 15 heavy (non-hydrogen) atoms. The van der Waals surface area contributed by atoms with E-state index in [2.05, 4.69) is 46.5 Å². The first-order chi connectivity index (χ1) is 7.13. The van der Waals surface area contributed by atoms with Crippen molar-refractivity contribution in [3.63, 3.8) is 0 Å². The number of hydrogen-bond acceptors (Lipinski definition) is 3. The van der Waals surface area contributed by atoms with E-state index in [-0.39, 0.29) is 0 Å². The summed E-state index contributed by atoms with van der Waals surface area (Å²) in [5.41, 5.74) is 0. The molecule has 86 valence electrons. The van der Waals surface area contributed by atoms with Crippen LogP contribution in [0.5, 0.6) is 0 Å². The third kappa shape index (κ3) is 4.64. The molecule has 2 nitrogen and oxygen atoms in total. The van der Waals surface area contributed by atoms with Crippen LogP contribution < -0.4 is 5.32 Å². The van der Waals surface area contributed by atoms with Crippen molar-refractivity contribution in [2.24, 2.45) is 5.92 Å². The molecule has 4 heteroatoms. The molecule has 0 amide bonds. The molecule has 1 rings (SSSR count). The maximum Gasteiger partial charge on any atom is 0.0499 e. The number of methoxy groups -OCH3 is 1. The SMILES string of the molecule is COCC(C)CNC(C)c1cc(Br)cs1. The van der Waals surface area contributed by atoms with Crippen LogP contribution in [0.1, 0.15) is 24.8 Å². The smallest absolute Gasteiger partial charge is 0.0499 e. The quantitative estimate of drug-likeness (QED) is 0.867. The Morgan fingerprint density at radius 3 is 2.80 bits per heavy atom. The van der Waals surface area contributed by atoms with Gasteiger partial charge in [0, 0.05) is 41.0 Å². The topological polar surface area (TPSA) is 21.3 Å². The zero-order valence-corrected chi connectivity index (χ0v) is 11.8. The first-order valence-corrected chi connectivity index (χ1v) is 6.77. The van der Waals surface area contributed by atoms with Crippen LogP contribution in [0.15, 0.2) is 15.9 Å². The average molecular weight is 292 g/mol. The van der Waals surface area contributed by atoms with E-state index in [1.54, 1.807) is 18.4 Å². The van der Waals surface area contributed by atoms with Gasteiger partial charge in [-0.15, -0.1) is 11.3 Å². The predicted octanol–water partition coefficient (Wildman–Crippen LogP) is 3.44. The van der Waals surface area contributed by atoms with Crippen molar-refractivity contribution in [3.8, 4) is 0 Å². The maximum absolute atomic E-state index is 5.10. The van der Waals surface area contributed by atoms with Crippen LogP contribution in [0.4, 0.5) is 0 Å². The van der Waals surface area contributed by atoms with Gasteiger partial charge in [0.25, 0.3) is 0 Å². The monoisotopic (exact) mass is 291 g/mol. The minimum atomic E-state index is 0.417. The Bertz CT molecular complexity index is 290. The third-order valence-corrected chi connectivity index (χ3v) is 4.11. The molecule has 1 aromatic rings. The van der Waals surface area contributed by atoms with E-state index >= 15 is 0 Å². The van der Waals surface area contributed by atoms with Gasteiger partial charge in [0.2, 0.25) is 0 Å². The van der Waals surface area contributed by atoms with Crippen LogP contribution in [-0.4, -0.2) is 20.3 Å². The summed E-state index contributed by atoms with van der Waals surface area (Å²) in [4.78, 5) is 1.37. The van der Waals surface area contributed by atoms with Crippen LogP contribution >= 0.6 is 27.3 Å². The number of nitrogens with one attached hydrogen (secondary N) is 1. The first-order valence-electron chi connectivity index (χ1n) is 5.09. The van der Waals surface area contributed by atoms with E-state index in [1.807, 2.05) is 0 Å². The van der Waals surface area contributed by atoms with Crippen molar-refractivity contribution in [2.75, 3.05) is 20.3 Å². The van der Waals surface area contributed by atoms with E-state index in [0.717, 1.165) is 13.2 Å². The number of rotatable bonds is 6. The summed E-state index contributed by atoms with van der Waals surface area (Å²) in [6.07, 6.45) is 0. The minimum Gasteiger partial charge on any atom is -0.384 e. The van der Waals surface area contributed by atoms with E-state index in [9.17, 15) is 0 Å². The second-order valence-corrected chi connectivity index (χ2v) is 5.72. The molecule has 0 saturated heterocycles. The maximum atomic E-state index is 5.10. The Morgan fingerprint density at radius 2 is 2.27 bits per heavy atom. The van der Waals surface area contributed by atoms with Gasteiger partial charge in [-0.25, -0.2) is 0 Å². The summed E-state index contributed by atoms with van der Waals surface area (Å²) in [6, 6.07) is 2.59. The minimum absolute atomic E-state index is 0.417. The zero-order chi connectivity index (χ0) is 11.3. The van der Waals surface area contributed by atoms with Gasteiger partial charge in [-0.3, -0.25) is 0 Å². The summed E-state index contributed by atoms with van der Waals surface area (Å²) in [5, 5.41) is 5.62. The van der Waals surface area contributed by atoms with Crippen LogP contribution in [0, 0.1) is 5.92 Å². The van der Waals surface area contributed by atoms with Crippen molar-refractivity contribution in [1.82, 2.24) is 5.32 Å². The average Bonchev–Trinajstić information content (AvgIpc) is 2.62. The molecule has 0 aliphatic rings. The standard InChI is InChI=1S/C11H18BrNOS/c1-8(6-14-3)5-13-9(2)11-4-10(12)7-15-11/h4,7-9,13H,5-6H2,1-3H3. The lowest BCUT2D eigenvalue weighted by molar-refractivity contribution is 0.157. The molecular formula is C11H18BrNOS. The molecular weight excluding hydrogens is 274 g/mol. The Hall–Kier alpha value is 0.1000. The lowest BCUT2D eigenvalue weighted by Crippen LogP contribution is -2.26. The highest BCUT2D eigenvalue weighted by Gasteiger charge is 2.09. The summed E-state index contributed by atoms with van der Waals surface area (Å²) < 4.78 is 6.27. The molecule has 1 heterocycles. The fraction of sp³-hybridized carbons (Fsp3) is 0.636. The van der Waals surface area contributed by atoms with Crippen LogP contribution in [-0.2, 0) is 4.74 Å². The Labute approximate surface area is 104 Å². The molecule has 1 N–H and O–H groups in total. The molecule has 0 aliphatic heterocycles. The van der Waals surface area contributed by atoms with E-state index in [1.165, 1.54) is 9.35 Å². The predicted molar refractivity (Wildman–Crippen MR) is 69.5 cm³/mol. The molecule has 0 saturated carbocycles. The van der Waals surface area contributed by atoms with Gasteiger partial charge >= 0.3 is 0 Å². The van der Waals surface area contributed by atoms with Crippen molar-refractivity contribution in [1.29, 1.82) is 0 Å². The number of thiophene rings is 1. The van der Waals surface area contributed by atoms with Gasteiger partial charge in [-0.1, -0.05) is 6.92 Å². The van der Waals surface area contributed by atoms with Crippen LogP contribution in [0.3, 0.4) is 0 Å². The van der Waals surface area contributed by atoms with Gasteiger partial charge in [0.1, 0.15) is 0 Å². The summed E-state index contributed by atoms with van der Waals surface area (Å²) in [5.74, 6) is 0.556. The Morgan fingerprint density at radius 1 is 1.53 bits per heavy atom. The summed E-state index contributed by atoms with van der Waals surface area (Å²) >= 11 is 5.25. The second kappa shape index (κ2) is 6.63. The van der Waals surface area contributed by atoms with Crippen molar-refractivity contribution in [3.05, 3.63) is 20.8 Å². The third-order valence-electron chi connectivity index (χ3n) is 2.24. The Balaban J connectivity index is 2.33. The molecule has 0 radical (unpaired) electrons. The molecule has 0 bridgehead atoms. The summed E-state index contributed by atoms with van der Waals surface area (Å²) in [6.45, 7) is 6.18. The van der Waals surface area contributed by atoms with Crippen LogP contribution in [0.2, 0.25) is 0 Å². The molecule has 2 unspecified atom stereocenters. The van der Waals surface area contributed by atoms with Gasteiger partial charge in [0.05, 0.1) is 0 Å². The van der Waals surface area contributed by atoms with Gasteiger partial charge in [-0.2, -0.15) is 0 Å². The van der Waals surface area contributed by atoms with E-state index < -0.39 is 0 Å². The van der Waals surface area contributed by atoms with Gasteiger partial charge in [0.15, 0.2) is 0 Å².